The van der Waals surface area contributed by atoms with Gasteiger partial charge in [0.05, 0.1) is 0 Å². The molecule has 0 saturated heterocycles. The van der Waals surface area contributed by atoms with Gasteiger partial charge in [-0.2, -0.15) is 0 Å². The standard InChI is InChI=1S/C16H25OP.Li/c1-7-8-9-18-16(17)15-13(5)11(3)10(2)12(4)14(15)6;/h18H,7-9H2,1-6H3;. The SMILES string of the molecule is CCCCPC(=O)c1c(C)c(C)c(C)c(C)c1C.[Li]. The normalized spacial score (nSPS) is 10.8. The minimum absolute atomic E-state index is 0. The van der Waals surface area contributed by atoms with Crippen LogP contribution in [0.5, 0.6) is 0 Å². The summed E-state index contributed by atoms with van der Waals surface area (Å²) in [5.74, 6) is 0. The Kier molecular flexibility index (Phi) is 8.22. The predicted octanol–water partition coefficient (Wildman–Crippen LogP) is 4.47. The summed E-state index contributed by atoms with van der Waals surface area (Å²) in [4.78, 5) is 12.4. The molecule has 19 heavy (non-hydrogen) atoms. The van der Waals surface area contributed by atoms with Crippen molar-refractivity contribution in [2.24, 2.45) is 0 Å². The topological polar surface area (TPSA) is 17.1 Å². The second kappa shape index (κ2) is 8.26. The Morgan fingerprint density at radius 2 is 1.32 bits per heavy atom. The number of hydrogen-bond donors (Lipinski definition) is 0. The van der Waals surface area contributed by atoms with Gasteiger partial charge in [-0.15, -0.1) is 0 Å². The fourth-order valence-electron chi connectivity index (χ4n) is 2.31. The molecule has 1 nitrogen and oxygen atoms in total. The number of rotatable bonds is 5. The van der Waals surface area contributed by atoms with Crippen LogP contribution in [-0.2, 0) is 0 Å². The maximum atomic E-state index is 12.4. The third-order valence-electron chi connectivity index (χ3n) is 4.04. The molecule has 1 unspecified atom stereocenters. The van der Waals surface area contributed by atoms with Crippen molar-refractivity contribution >= 4 is 33.0 Å². The Balaban J connectivity index is 0.00000324. The zero-order chi connectivity index (χ0) is 13.9. The Morgan fingerprint density at radius 3 is 1.74 bits per heavy atom. The van der Waals surface area contributed by atoms with Gasteiger partial charge in [-0.25, -0.2) is 0 Å². The van der Waals surface area contributed by atoms with E-state index in [1.807, 2.05) is 0 Å². The van der Waals surface area contributed by atoms with Gasteiger partial charge in [-0.1, -0.05) is 13.3 Å². The maximum Gasteiger partial charge on any atom is 0.181 e. The quantitative estimate of drug-likeness (QED) is 0.439. The molecule has 0 aromatic heterocycles. The molecular weight excluding hydrogens is 246 g/mol. The Labute approximate surface area is 131 Å². The second-order valence-electron chi connectivity index (χ2n) is 5.11. The van der Waals surface area contributed by atoms with E-state index in [4.69, 9.17) is 0 Å². The molecule has 0 heterocycles. The number of carbonyl (C=O) groups is 1. The molecule has 1 atom stereocenters. The average Bonchev–Trinajstić information content (AvgIpc) is 2.34. The molecule has 1 aromatic carbocycles. The summed E-state index contributed by atoms with van der Waals surface area (Å²) in [6.07, 6.45) is 3.37. The van der Waals surface area contributed by atoms with Crippen LogP contribution >= 0.6 is 8.58 Å². The van der Waals surface area contributed by atoms with Crippen LogP contribution in [0.1, 0.15) is 57.9 Å². The first-order chi connectivity index (χ1) is 8.41. The van der Waals surface area contributed by atoms with Crippen molar-refractivity contribution in [3.63, 3.8) is 0 Å². The fraction of sp³-hybridized carbons (Fsp3) is 0.562. The van der Waals surface area contributed by atoms with E-state index in [0.29, 0.717) is 14.1 Å². The largest absolute Gasteiger partial charge is 0.289 e. The fourth-order valence-corrected chi connectivity index (χ4v) is 3.62. The first kappa shape index (κ1) is 18.9. The minimum Gasteiger partial charge on any atom is -0.289 e. The Morgan fingerprint density at radius 1 is 0.895 bits per heavy atom. The van der Waals surface area contributed by atoms with Crippen LogP contribution in [0.4, 0.5) is 0 Å². The average molecular weight is 271 g/mol. The number of unbranched alkanes of at least 4 members (excludes halogenated alkanes) is 1. The molecule has 0 aliphatic carbocycles. The zero-order valence-electron chi connectivity index (χ0n) is 13.5. The molecular formula is C16H25LiOP. The smallest absolute Gasteiger partial charge is 0.181 e. The van der Waals surface area contributed by atoms with Gasteiger partial charge in [-0.3, -0.25) is 4.79 Å². The van der Waals surface area contributed by atoms with E-state index in [1.54, 1.807) is 0 Å². The van der Waals surface area contributed by atoms with Crippen molar-refractivity contribution in [1.82, 2.24) is 0 Å². The van der Waals surface area contributed by atoms with E-state index < -0.39 is 0 Å². The zero-order valence-corrected chi connectivity index (χ0v) is 14.5. The summed E-state index contributed by atoms with van der Waals surface area (Å²) < 4.78 is 0. The molecule has 101 valence electrons. The van der Waals surface area contributed by atoms with Crippen molar-refractivity contribution in [2.75, 3.05) is 6.16 Å². The summed E-state index contributed by atoms with van der Waals surface area (Å²) in [6, 6.07) is 0. The van der Waals surface area contributed by atoms with E-state index in [1.165, 1.54) is 34.2 Å². The first-order valence-electron chi connectivity index (χ1n) is 6.76. The number of benzene rings is 1. The molecule has 0 aliphatic heterocycles. The second-order valence-corrected chi connectivity index (χ2v) is 6.42. The van der Waals surface area contributed by atoms with Crippen LogP contribution in [-0.4, -0.2) is 30.5 Å². The first-order valence-corrected chi connectivity index (χ1v) is 7.97. The molecule has 0 N–H and O–H groups in total. The monoisotopic (exact) mass is 271 g/mol. The van der Waals surface area contributed by atoms with E-state index in [0.717, 1.165) is 18.1 Å². The molecule has 0 saturated carbocycles. The van der Waals surface area contributed by atoms with Crippen LogP contribution in [0.15, 0.2) is 0 Å². The molecule has 1 aromatic rings. The van der Waals surface area contributed by atoms with Crippen molar-refractivity contribution in [3.05, 3.63) is 33.4 Å². The molecule has 0 amide bonds. The molecule has 0 fully saturated rings. The van der Waals surface area contributed by atoms with Gasteiger partial charge in [-0.05, 0) is 83.6 Å². The molecule has 1 radical (unpaired) electrons. The van der Waals surface area contributed by atoms with E-state index in [9.17, 15) is 4.79 Å². The van der Waals surface area contributed by atoms with Gasteiger partial charge < -0.3 is 0 Å². The van der Waals surface area contributed by atoms with Crippen molar-refractivity contribution in [2.45, 2.75) is 54.4 Å². The number of carbonyl (C=O) groups excluding carboxylic acids is 1. The van der Waals surface area contributed by atoms with Crippen molar-refractivity contribution in [1.29, 1.82) is 0 Å². The third kappa shape index (κ3) is 4.19. The van der Waals surface area contributed by atoms with Crippen molar-refractivity contribution in [3.8, 4) is 0 Å². The van der Waals surface area contributed by atoms with Crippen molar-refractivity contribution < 1.29 is 4.79 Å². The van der Waals surface area contributed by atoms with Gasteiger partial charge in [0.1, 0.15) is 0 Å². The molecule has 1 rings (SSSR count). The molecule has 0 aliphatic rings. The van der Waals surface area contributed by atoms with E-state index in [2.05, 4.69) is 41.5 Å². The van der Waals surface area contributed by atoms with E-state index >= 15 is 0 Å². The van der Waals surface area contributed by atoms with Gasteiger partial charge in [0.2, 0.25) is 0 Å². The summed E-state index contributed by atoms with van der Waals surface area (Å²) in [7, 11) is 0.434. The third-order valence-corrected chi connectivity index (χ3v) is 5.22. The molecule has 0 bridgehead atoms. The molecule has 3 heteroatoms. The van der Waals surface area contributed by atoms with Crippen LogP contribution in [0, 0.1) is 34.6 Å². The van der Waals surface area contributed by atoms with Crippen LogP contribution in [0.25, 0.3) is 0 Å². The number of hydrogen-bond acceptors (Lipinski definition) is 1. The summed E-state index contributed by atoms with van der Waals surface area (Å²) >= 11 is 0. The van der Waals surface area contributed by atoms with Crippen LogP contribution in [0.3, 0.4) is 0 Å². The summed E-state index contributed by atoms with van der Waals surface area (Å²) in [6.45, 7) is 12.8. The molecule has 0 spiro atoms. The predicted molar refractivity (Wildman–Crippen MR) is 88.3 cm³/mol. The van der Waals surface area contributed by atoms with Gasteiger partial charge >= 0.3 is 0 Å². The van der Waals surface area contributed by atoms with Crippen LogP contribution in [0.2, 0.25) is 0 Å². The van der Waals surface area contributed by atoms with E-state index in [-0.39, 0.29) is 18.9 Å². The summed E-state index contributed by atoms with van der Waals surface area (Å²) in [5.41, 5.74) is 7.60. The Hall–Kier alpha value is -0.0826. The minimum atomic E-state index is 0. The van der Waals surface area contributed by atoms with Gasteiger partial charge in [0, 0.05) is 24.4 Å². The summed E-state index contributed by atoms with van der Waals surface area (Å²) in [5, 5.41) is 0. The van der Waals surface area contributed by atoms with Crippen LogP contribution < -0.4 is 0 Å². The Bertz CT molecular complexity index is 437. The van der Waals surface area contributed by atoms with Gasteiger partial charge in [0.15, 0.2) is 5.52 Å². The van der Waals surface area contributed by atoms with Gasteiger partial charge in [0.25, 0.3) is 0 Å². The maximum absolute atomic E-state index is 12.4.